The Kier molecular flexibility index (Phi) is 4.63. The minimum atomic E-state index is -0.920. The summed E-state index contributed by atoms with van der Waals surface area (Å²) in [7, 11) is 0. The van der Waals surface area contributed by atoms with Crippen molar-refractivity contribution in [1.29, 1.82) is 0 Å². The zero-order valence-corrected chi connectivity index (χ0v) is 11.1. The third-order valence-electron chi connectivity index (χ3n) is 3.02. The van der Waals surface area contributed by atoms with Crippen LogP contribution >= 0.6 is 0 Å². The van der Waals surface area contributed by atoms with Gasteiger partial charge in [0.25, 0.3) is 0 Å². The number of carboxylic acids is 1. The first kappa shape index (κ1) is 13.7. The minimum Gasteiger partial charge on any atom is -0.491 e. The summed E-state index contributed by atoms with van der Waals surface area (Å²) in [5, 5.41) is 9.09. The van der Waals surface area contributed by atoms with Gasteiger partial charge in [-0.05, 0) is 24.6 Å². The first-order chi connectivity index (χ1) is 9.22. The van der Waals surface area contributed by atoms with E-state index in [0.717, 1.165) is 30.9 Å². The van der Waals surface area contributed by atoms with E-state index >= 15 is 0 Å². The lowest BCUT2D eigenvalue weighted by molar-refractivity contribution is 0.0697. The molecular formula is C14H19NO4. The van der Waals surface area contributed by atoms with Gasteiger partial charge >= 0.3 is 5.97 Å². The molecule has 19 heavy (non-hydrogen) atoms. The molecule has 0 amide bonds. The second kappa shape index (κ2) is 6.43. The van der Waals surface area contributed by atoms with Crippen molar-refractivity contribution in [1.82, 2.24) is 0 Å². The largest absolute Gasteiger partial charge is 0.491 e. The topological polar surface area (TPSA) is 59.0 Å². The molecule has 0 unspecified atom stereocenters. The zero-order chi connectivity index (χ0) is 13.7. The number of benzene rings is 1. The number of hydrogen-bond donors (Lipinski definition) is 1. The molecule has 0 aromatic heterocycles. The van der Waals surface area contributed by atoms with Crippen molar-refractivity contribution in [2.75, 3.05) is 37.8 Å². The lowest BCUT2D eigenvalue weighted by atomic mass is 10.1. The Balaban J connectivity index is 2.28. The molecule has 1 fully saturated rings. The summed E-state index contributed by atoms with van der Waals surface area (Å²) in [6.07, 6.45) is 0.920. The molecule has 0 aliphatic carbocycles. The van der Waals surface area contributed by atoms with Crippen molar-refractivity contribution >= 4 is 11.7 Å². The average Bonchev–Trinajstić information content (AvgIpc) is 2.45. The van der Waals surface area contributed by atoms with Gasteiger partial charge in [0.15, 0.2) is 0 Å². The van der Waals surface area contributed by atoms with Gasteiger partial charge in [-0.25, -0.2) is 4.79 Å². The number of carbonyl (C=O) groups is 1. The summed E-state index contributed by atoms with van der Waals surface area (Å²) in [6.45, 7) is 5.50. The molecular weight excluding hydrogens is 246 g/mol. The standard InChI is InChI=1S/C14H19NO4/c1-2-7-19-13-4-3-11(14(16)17)10-12(13)15-5-8-18-9-6-15/h3-4,10H,2,5-9H2,1H3,(H,16,17). The summed E-state index contributed by atoms with van der Waals surface area (Å²) in [6, 6.07) is 5.00. The molecule has 5 heteroatoms. The van der Waals surface area contributed by atoms with Gasteiger partial charge in [-0.3, -0.25) is 0 Å². The van der Waals surface area contributed by atoms with Gasteiger partial charge < -0.3 is 19.5 Å². The fourth-order valence-electron chi connectivity index (χ4n) is 2.04. The lowest BCUT2D eigenvalue weighted by Gasteiger charge is -2.30. The fourth-order valence-corrected chi connectivity index (χ4v) is 2.04. The van der Waals surface area contributed by atoms with Crippen LogP contribution in [0.2, 0.25) is 0 Å². The van der Waals surface area contributed by atoms with Crippen LogP contribution in [0, 0.1) is 0 Å². The molecule has 0 atom stereocenters. The van der Waals surface area contributed by atoms with E-state index in [4.69, 9.17) is 14.6 Å². The van der Waals surface area contributed by atoms with Gasteiger partial charge in [-0.1, -0.05) is 6.92 Å². The maximum Gasteiger partial charge on any atom is 0.335 e. The molecule has 0 spiro atoms. The third kappa shape index (κ3) is 3.38. The van der Waals surface area contributed by atoms with Crippen LogP contribution in [0.5, 0.6) is 5.75 Å². The van der Waals surface area contributed by atoms with Crippen molar-refractivity contribution in [3.63, 3.8) is 0 Å². The summed E-state index contributed by atoms with van der Waals surface area (Å²) in [5.74, 6) is -0.176. The molecule has 1 aromatic carbocycles. The second-order valence-corrected chi connectivity index (χ2v) is 4.44. The Morgan fingerprint density at radius 3 is 2.79 bits per heavy atom. The number of carboxylic acid groups (broad SMARTS) is 1. The molecule has 5 nitrogen and oxygen atoms in total. The highest BCUT2D eigenvalue weighted by Gasteiger charge is 2.17. The van der Waals surface area contributed by atoms with Crippen LogP contribution in [-0.2, 0) is 4.74 Å². The lowest BCUT2D eigenvalue weighted by Crippen LogP contribution is -2.36. The fraction of sp³-hybridized carbons (Fsp3) is 0.500. The molecule has 1 N–H and O–H groups in total. The molecule has 0 radical (unpaired) electrons. The van der Waals surface area contributed by atoms with Crippen molar-refractivity contribution < 1.29 is 19.4 Å². The van der Waals surface area contributed by atoms with Gasteiger partial charge in [0.05, 0.1) is 31.1 Å². The van der Waals surface area contributed by atoms with Gasteiger partial charge in [-0.15, -0.1) is 0 Å². The van der Waals surface area contributed by atoms with Crippen LogP contribution in [-0.4, -0.2) is 44.0 Å². The van der Waals surface area contributed by atoms with Gasteiger partial charge in [0, 0.05) is 13.1 Å². The van der Waals surface area contributed by atoms with Crippen molar-refractivity contribution in [2.45, 2.75) is 13.3 Å². The van der Waals surface area contributed by atoms with E-state index < -0.39 is 5.97 Å². The van der Waals surface area contributed by atoms with Crippen LogP contribution in [0.15, 0.2) is 18.2 Å². The quantitative estimate of drug-likeness (QED) is 0.882. The summed E-state index contributed by atoms with van der Waals surface area (Å²) in [4.78, 5) is 13.2. The van der Waals surface area contributed by atoms with Crippen LogP contribution in [0.4, 0.5) is 5.69 Å². The molecule has 0 bridgehead atoms. The summed E-state index contributed by atoms with van der Waals surface area (Å²) in [5.41, 5.74) is 1.13. The van der Waals surface area contributed by atoms with Crippen molar-refractivity contribution in [2.24, 2.45) is 0 Å². The maximum atomic E-state index is 11.1. The van der Waals surface area contributed by atoms with Crippen molar-refractivity contribution in [3.8, 4) is 5.75 Å². The summed E-state index contributed by atoms with van der Waals surface area (Å²) >= 11 is 0. The van der Waals surface area contributed by atoms with E-state index in [0.29, 0.717) is 19.8 Å². The number of aromatic carboxylic acids is 1. The summed E-state index contributed by atoms with van der Waals surface area (Å²) < 4.78 is 11.0. The Morgan fingerprint density at radius 1 is 1.42 bits per heavy atom. The van der Waals surface area contributed by atoms with Crippen LogP contribution in [0.25, 0.3) is 0 Å². The number of nitrogens with zero attached hydrogens (tertiary/aromatic N) is 1. The third-order valence-corrected chi connectivity index (χ3v) is 3.02. The highest BCUT2D eigenvalue weighted by atomic mass is 16.5. The number of anilines is 1. The van der Waals surface area contributed by atoms with E-state index in [1.54, 1.807) is 18.2 Å². The van der Waals surface area contributed by atoms with E-state index in [1.165, 1.54) is 0 Å². The number of morpholine rings is 1. The molecule has 1 saturated heterocycles. The number of rotatable bonds is 5. The van der Waals surface area contributed by atoms with Gasteiger partial charge in [0.2, 0.25) is 0 Å². The number of hydrogen-bond acceptors (Lipinski definition) is 4. The van der Waals surface area contributed by atoms with E-state index in [1.807, 2.05) is 6.92 Å². The Hall–Kier alpha value is -1.75. The zero-order valence-electron chi connectivity index (χ0n) is 11.1. The predicted molar refractivity (Wildman–Crippen MR) is 72.2 cm³/mol. The first-order valence-corrected chi connectivity index (χ1v) is 6.55. The van der Waals surface area contributed by atoms with Crippen LogP contribution < -0.4 is 9.64 Å². The van der Waals surface area contributed by atoms with Crippen LogP contribution in [0.1, 0.15) is 23.7 Å². The van der Waals surface area contributed by atoms with Crippen molar-refractivity contribution in [3.05, 3.63) is 23.8 Å². The molecule has 2 rings (SSSR count). The normalized spacial score (nSPS) is 15.3. The molecule has 1 aromatic rings. The maximum absolute atomic E-state index is 11.1. The highest BCUT2D eigenvalue weighted by Crippen LogP contribution is 2.30. The highest BCUT2D eigenvalue weighted by molar-refractivity contribution is 5.89. The molecule has 1 heterocycles. The molecule has 1 aliphatic rings. The number of ether oxygens (including phenoxy) is 2. The van der Waals surface area contributed by atoms with E-state index in [9.17, 15) is 4.79 Å². The Morgan fingerprint density at radius 2 is 2.16 bits per heavy atom. The average molecular weight is 265 g/mol. The Bertz CT molecular complexity index is 441. The Labute approximate surface area is 112 Å². The monoisotopic (exact) mass is 265 g/mol. The van der Waals surface area contributed by atoms with Gasteiger partial charge in [-0.2, -0.15) is 0 Å². The predicted octanol–water partition coefficient (Wildman–Crippen LogP) is 2.01. The SMILES string of the molecule is CCCOc1ccc(C(=O)O)cc1N1CCOCC1. The minimum absolute atomic E-state index is 0.283. The van der Waals surface area contributed by atoms with Gasteiger partial charge in [0.1, 0.15) is 5.75 Å². The first-order valence-electron chi connectivity index (χ1n) is 6.55. The molecule has 0 saturated carbocycles. The van der Waals surface area contributed by atoms with Crippen LogP contribution in [0.3, 0.4) is 0 Å². The molecule has 1 aliphatic heterocycles. The second-order valence-electron chi connectivity index (χ2n) is 4.44. The van der Waals surface area contributed by atoms with E-state index in [2.05, 4.69) is 4.90 Å². The van der Waals surface area contributed by atoms with E-state index in [-0.39, 0.29) is 5.56 Å². The molecule has 104 valence electrons. The smallest absolute Gasteiger partial charge is 0.335 e.